The minimum Gasteiger partial charge on any atom is -0.399 e. The van der Waals surface area contributed by atoms with Gasteiger partial charge in [-0.3, -0.25) is 9.79 Å². The fourth-order valence-corrected chi connectivity index (χ4v) is 2.42. The van der Waals surface area contributed by atoms with Crippen LogP contribution in [0.3, 0.4) is 0 Å². The van der Waals surface area contributed by atoms with Crippen LogP contribution in [0.4, 0.5) is 10.1 Å². The van der Waals surface area contributed by atoms with E-state index in [2.05, 4.69) is 4.99 Å². The molecule has 0 fully saturated rings. The van der Waals surface area contributed by atoms with Crippen molar-refractivity contribution in [1.29, 1.82) is 0 Å². The lowest BCUT2D eigenvalue weighted by atomic mass is 9.89. The number of amides is 1. The van der Waals surface area contributed by atoms with E-state index >= 15 is 0 Å². The fourth-order valence-electron chi connectivity index (χ4n) is 2.42. The number of nitrogens with zero attached hydrogens (tertiary/aromatic N) is 2. The van der Waals surface area contributed by atoms with E-state index in [-0.39, 0.29) is 24.3 Å². The van der Waals surface area contributed by atoms with Crippen LogP contribution >= 0.6 is 0 Å². The molecule has 6 heteroatoms. The van der Waals surface area contributed by atoms with Gasteiger partial charge in [0.15, 0.2) is 5.84 Å². The Bertz CT molecular complexity index is 585. The predicted molar refractivity (Wildman–Crippen MR) is 76.6 cm³/mol. The molecular weight excluding hydrogens is 259 g/mol. The Kier molecular flexibility index (Phi) is 3.41. The number of carbonyl (C=O) groups excluding carboxylic acids is 1. The number of aliphatic imine (C=N–C) groups is 1. The summed E-state index contributed by atoms with van der Waals surface area (Å²) < 4.78 is 14.1. The van der Waals surface area contributed by atoms with Gasteiger partial charge >= 0.3 is 0 Å². The van der Waals surface area contributed by atoms with Gasteiger partial charge in [-0.05, 0) is 39.0 Å². The van der Waals surface area contributed by atoms with Crippen LogP contribution in [0, 0.1) is 5.82 Å². The van der Waals surface area contributed by atoms with E-state index in [1.54, 1.807) is 17.9 Å². The number of hydrogen-bond donors (Lipinski definition) is 2. The number of nitrogens with two attached hydrogens (primary N) is 2. The van der Waals surface area contributed by atoms with Crippen LogP contribution in [0.2, 0.25) is 0 Å². The molecule has 1 aliphatic rings. The monoisotopic (exact) mass is 278 g/mol. The van der Waals surface area contributed by atoms with Crippen molar-refractivity contribution >= 4 is 17.4 Å². The van der Waals surface area contributed by atoms with E-state index in [9.17, 15) is 9.18 Å². The zero-order chi connectivity index (χ0) is 15.1. The summed E-state index contributed by atoms with van der Waals surface area (Å²) in [6, 6.07) is 4.29. The fraction of sp³-hybridized carbons (Fsp3) is 0.429. The van der Waals surface area contributed by atoms with Crippen molar-refractivity contribution in [2.24, 2.45) is 10.7 Å². The second kappa shape index (κ2) is 4.77. The lowest BCUT2D eigenvalue weighted by Gasteiger charge is -2.39. The number of nitrogen functional groups attached to an aromatic ring is 1. The summed E-state index contributed by atoms with van der Waals surface area (Å²) in [7, 11) is 0. The van der Waals surface area contributed by atoms with Crippen LogP contribution < -0.4 is 11.5 Å². The van der Waals surface area contributed by atoms with Gasteiger partial charge in [0.25, 0.3) is 5.91 Å². The normalized spacial score (nSPS) is 23.1. The summed E-state index contributed by atoms with van der Waals surface area (Å²) in [5, 5.41) is 0. The van der Waals surface area contributed by atoms with E-state index in [0.29, 0.717) is 11.3 Å². The van der Waals surface area contributed by atoms with Crippen molar-refractivity contribution in [3.63, 3.8) is 0 Å². The van der Waals surface area contributed by atoms with Crippen molar-refractivity contribution < 1.29 is 9.18 Å². The Morgan fingerprint density at radius 3 is 2.65 bits per heavy atom. The highest BCUT2D eigenvalue weighted by Gasteiger charge is 2.39. The Balaban J connectivity index is 2.54. The van der Waals surface area contributed by atoms with Crippen molar-refractivity contribution in [3.8, 4) is 0 Å². The highest BCUT2D eigenvalue weighted by molar-refractivity contribution is 6.37. The standard InChI is InChI=1S/C14H19FN4O/c1-8(2)19-7-14(3,18-12(17)13(19)20)10-6-9(16)4-5-11(10)15/h4-6,8H,7,16H2,1-3H3,(H2,17,18). The third-order valence-electron chi connectivity index (χ3n) is 3.52. The summed E-state index contributed by atoms with van der Waals surface area (Å²) in [4.78, 5) is 17.8. The molecule has 1 amide bonds. The molecule has 108 valence electrons. The average Bonchev–Trinajstić information content (AvgIpc) is 2.36. The van der Waals surface area contributed by atoms with Gasteiger partial charge in [0.2, 0.25) is 0 Å². The van der Waals surface area contributed by atoms with E-state index in [4.69, 9.17) is 11.5 Å². The number of rotatable bonds is 2. The highest BCUT2D eigenvalue weighted by Crippen LogP contribution is 2.33. The van der Waals surface area contributed by atoms with Crippen LogP contribution in [0.15, 0.2) is 23.2 Å². The second-order valence-electron chi connectivity index (χ2n) is 5.54. The number of carbonyl (C=O) groups is 1. The molecule has 1 unspecified atom stereocenters. The van der Waals surface area contributed by atoms with Crippen LogP contribution in [-0.2, 0) is 10.3 Å². The Hall–Kier alpha value is -2.11. The van der Waals surface area contributed by atoms with Gasteiger partial charge in [0, 0.05) is 17.3 Å². The van der Waals surface area contributed by atoms with Gasteiger partial charge < -0.3 is 16.4 Å². The summed E-state index contributed by atoms with van der Waals surface area (Å²) >= 11 is 0. The molecule has 1 aliphatic heterocycles. The number of halogens is 1. The Morgan fingerprint density at radius 1 is 1.40 bits per heavy atom. The van der Waals surface area contributed by atoms with Crippen molar-refractivity contribution in [2.45, 2.75) is 32.4 Å². The number of anilines is 1. The van der Waals surface area contributed by atoms with Gasteiger partial charge in [-0.2, -0.15) is 0 Å². The van der Waals surface area contributed by atoms with E-state index in [1.807, 2.05) is 13.8 Å². The average molecular weight is 278 g/mol. The molecule has 2 rings (SSSR count). The number of amidine groups is 1. The Morgan fingerprint density at radius 2 is 2.05 bits per heavy atom. The second-order valence-corrected chi connectivity index (χ2v) is 5.54. The Labute approximate surface area is 117 Å². The molecular formula is C14H19FN4O. The van der Waals surface area contributed by atoms with E-state index in [1.165, 1.54) is 12.1 Å². The maximum atomic E-state index is 14.1. The summed E-state index contributed by atoms with van der Waals surface area (Å²) in [5.74, 6) is -0.827. The molecule has 1 heterocycles. The third kappa shape index (κ3) is 2.33. The van der Waals surface area contributed by atoms with E-state index in [0.717, 1.165) is 0 Å². The summed E-state index contributed by atoms with van der Waals surface area (Å²) in [6.07, 6.45) is 0. The quantitative estimate of drug-likeness (QED) is 0.798. The molecule has 0 spiro atoms. The summed E-state index contributed by atoms with van der Waals surface area (Å²) in [6.45, 7) is 5.78. The predicted octanol–water partition coefficient (Wildman–Crippen LogP) is 1.23. The molecule has 4 N–H and O–H groups in total. The first-order valence-corrected chi connectivity index (χ1v) is 6.46. The lowest BCUT2D eigenvalue weighted by Crippen LogP contribution is -2.54. The molecule has 0 aromatic heterocycles. The highest BCUT2D eigenvalue weighted by atomic mass is 19.1. The first-order chi connectivity index (χ1) is 9.24. The molecule has 0 bridgehead atoms. The third-order valence-corrected chi connectivity index (χ3v) is 3.52. The smallest absolute Gasteiger partial charge is 0.289 e. The van der Waals surface area contributed by atoms with Crippen molar-refractivity contribution in [3.05, 3.63) is 29.6 Å². The van der Waals surface area contributed by atoms with E-state index < -0.39 is 11.4 Å². The van der Waals surface area contributed by atoms with Crippen molar-refractivity contribution in [1.82, 2.24) is 4.90 Å². The molecule has 0 radical (unpaired) electrons. The van der Waals surface area contributed by atoms with Gasteiger partial charge in [0.05, 0.1) is 6.54 Å². The first-order valence-electron chi connectivity index (χ1n) is 6.46. The van der Waals surface area contributed by atoms with Crippen LogP contribution in [0.5, 0.6) is 0 Å². The SMILES string of the molecule is CC(C)N1CC(C)(c2cc(N)ccc2F)N=C(N)C1=O. The first kappa shape index (κ1) is 14.3. The van der Waals surface area contributed by atoms with Gasteiger partial charge in [-0.15, -0.1) is 0 Å². The molecule has 0 aliphatic carbocycles. The molecule has 1 atom stereocenters. The maximum Gasteiger partial charge on any atom is 0.289 e. The molecule has 0 saturated carbocycles. The van der Waals surface area contributed by atoms with Gasteiger partial charge in [-0.1, -0.05) is 0 Å². The lowest BCUT2D eigenvalue weighted by molar-refractivity contribution is -0.127. The van der Waals surface area contributed by atoms with Crippen LogP contribution in [-0.4, -0.2) is 29.2 Å². The van der Waals surface area contributed by atoms with Crippen LogP contribution in [0.1, 0.15) is 26.3 Å². The molecule has 1 aromatic carbocycles. The largest absolute Gasteiger partial charge is 0.399 e. The summed E-state index contributed by atoms with van der Waals surface area (Å²) in [5.41, 5.74) is 11.3. The van der Waals surface area contributed by atoms with Gasteiger partial charge in [-0.25, -0.2) is 4.39 Å². The molecule has 1 aromatic rings. The topological polar surface area (TPSA) is 84.7 Å². The molecule has 5 nitrogen and oxygen atoms in total. The zero-order valence-electron chi connectivity index (χ0n) is 11.9. The molecule has 0 saturated heterocycles. The molecule has 20 heavy (non-hydrogen) atoms. The van der Waals surface area contributed by atoms with Crippen molar-refractivity contribution in [2.75, 3.05) is 12.3 Å². The zero-order valence-corrected chi connectivity index (χ0v) is 11.9. The minimum atomic E-state index is -0.929. The minimum absolute atomic E-state index is 0.0417. The maximum absolute atomic E-state index is 14.1. The number of benzene rings is 1. The number of hydrogen-bond acceptors (Lipinski definition) is 4. The van der Waals surface area contributed by atoms with Crippen LogP contribution in [0.25, 0.3) is 0 Å². The van der Waals surface area contributed by atoms with Gasteiger partial charge in [0.1, 0.15) is 11.4 Å².